The van der Waals surface area contributed by atoms with E-state index in [0.717, 1.165) is 19.4 Å². The largest absolute Gasteiger partial charge is 0.371 e. The van der Waals surface area contributed by atoms with Crippen molar-refractivity contribution < 1.29 is 14.4 Å². The van der Waals surface area contributed by atoms with Crippen LogP contribution in [0.15, 0.2) is 0 Å². The highest BCUT2D eigenvalue weighted by atomic mass is 32.1. The molecule has 0 amide bonds. The fraction of sp³-hybridized carbons (Fsp3) is 0.975. The van der Waals surface area contributed by atoms with Crippen LogP contribution in [0.5, 0.6) is 0 Å². The van der Waals surface area contributed by atoms with E-state index in [2.05, 4.69) is 17.9 Å². The first-order chi connectivity index (χ1) is 22.9. The highest BCUT2D eigenvalue weighted by molar-refractivity contribution is 8.11. The molecule has 0 unspecified atom stereocenters. The maximum Gasteiger partial charge on any atom is 0.325 e. The fourth-order valence-corrected chi connectivity index (χ4v) is 7.67. The number of nitrogens with one attached hydrogen (secondary N) is 1. The molecule has 0 saturated carbocycles. The normalized spacial score (nSPS) is 11.8. The second-order valence-electron chi connectivity index (χ2n) is 14.7. The summed E-state index contributed by atoms with van der Waals surface area (Å²) in [5.74, 6) is 0. The first-order valence-corrected chi connectivity index (χ1v) is 23.6. The van der Waals surface area contributed by atoms with Crippen LogP contribution in [0.2, 0.25) is 0 Å². The van der Waals surface area contributed by atoms with E-state index in [-0.39, 0.29) is 6.16 Å². The minimum absolute atomic E-state index is 0.0596. The van der Waals surface area contributed by atoms with E-state index in [4.69, 9.17) is 22.0 Å². The quantitative estimate of drug-likeness (QED) is 0.0220. The van der Waals surface area contributed by atoms with Crippen LogP contribution in [-0.2, 0) is 4.57 Å². The van der Waals surface area contributed by atoms with E-state index >= 15 is 0 Å². The number of unbranched alkanes of at least 4 members (excludes halogenated alkanes) is 36. The predicted molar refractivity (Wildman–Crippen MR) is 217 cm³/mol. The summed E-state index contributed by atoms with van der Waals surface area (Å²) >= 11 is 8.99. The van der Waals surface area contributed by atoms with E-state index in [9.17, 15) is 4.57 Å². The number of rotatable bonds is 40. The zero-order chi connectivity index (χ0) is 34.4. The Labute approximate surface area is 305 Å². The zero-order valence-electron chi connectivity index (χ0n) is 31.2. The van der Waals surface area contributed by atoms with Crippen molar-refractivity contribution in [3.8, 4) is 0 Å². The Morgan fingerprint density at radius 2 is 0.553 bits per heavy atom. The predicted octanol–water partition coefficient (Wildman–Crippen LogP) is 14.4. The molecule has 3 N–H and O–H groups in total. The van der Waals surface area contributed by atoms with Crippen molar-refractivity contribution in [3.05, 3.63) is 0 Å². The summed E-state index contributed by atoms with van der Waals surface area (Å²) in [6.07, 6.45) is 50.9. The number of thiocarbonyl (C=S) groups is 1. The summed E-state index contributed by atoms with van der Waals surface area (Å²) in [7, 11) is -3.78. The fourth-order valence-electron chi connectivity index (χ4n) is 6.83. The highest BCUT2D eigenvalue weighted by Crippen LogP contribution is 2.35. The Kier molecular flexibility index (Phi) is 39.5. The molecule has 7 heteroatoms. The van der Waals surface area contributed by atoms with Crippen LogP contribution in [-0.4, -0.2) is 26.8 Å². The van der Waals surface area contributed by atoms with Crippen LogP contribution < -0.4 is 5.32 Å². The molecule has 0 aliphatic rings. The molecule has 0 aromatic rings. The van der Waals surface area contributed by atoms with Gasteiger partial charge in [0.15, 0.2) is 0 Å². The summed E-state index contributed by atoms with van der Waals surface area (Å²) in [6.45, 7) is 0.980. The van der Waals surface area contributed by atoms with E-state index < -0.39 is 7.60 Å². The van der Waals surface area contributed by atoms with Gasteiger partial charge in [0.25, 0.3) is 0 Å². The van der Waals surface area contributed by atoms with Crippen LogP contribution >= 0.6 is 32.4 Å². The molecule has 0 saturated heterocycles. The van der Waals surface area contributed by atoms with E-state index in [1.165, 1.54) is 218 Å². The van der Waals surface area contributed by atoms with Gasteiger partial charge >= 0.3 is 7.60 Å². The van der Waals surface area contributed by atoms with Gasteiger partial charge in [0.2, 0.25) is 0 Å². The lowest BCUT2D eigenvalue weighted by Gasteiger charge is -2.05. The molecule has 4 nitrogen and oxygen atoms in total. The van der Waals surface area contributed by atoms with Gasteiger partial charge in [0.05, 0.1) is 0 Å². The van der Waals surface area contributed by atoms with Crippen molar-refractivity contribution in [1.29, 1.82) is 0 Å². The first kappa shape index (κ1) is 47.4. The van der Waals surface area contributed by atoms with Gasteiger partial charge in [-0.3, -0.25) is 4.57 Å². The molecule has 282 valence electrons. The summed E-state index contributed by atoms with van der Waals surface area (Å²) in [4.78, 5) is 17.7. The highest BCUT2D eigenvalue weighted by Gasteiger charge is 2.10. The van der Waals surface area contributed by atoms with Gasteiger partial charge in [-0.2, -0.15) is 0 Å². The third kappa shape index (κ3) is 46.4. The molecule has 0 aliphatic carbocycles. The third-order valence-corrected chi connectivity index (χ3v) is 11.1. The molecule has 0 fully saturated rings. The van der Waals surface area contributed by atoms with Gasteiger partial charge in [-0.15, -0.1) is 12.6 Å². The van der Waals surface area contributed by atoms with Crippen LogP contribution in [0.25, 0.3) is 0 Å². The Morgan fingerprint density at radius 1 is 0.383 bits per heavy atom. The summed E-state index contributed by atoms with van der Waals surface area (Å²) < 4.78 is 11.4. The van der Waals surface area contributed by atoms with Gasteiger partial charge in [-0.05, 0) is 12.8 Å². The SMILES string of the molecule is O=P(O)(O)CCCCCCCCCCCCCCCCCCCCCCCCCCCCCCCCCCCCCCCNC(=S)S. The molecule has 47 heavy (non-hydrogen) atoms. The van der Waals surface area contributed by atoms with Gasteiger partial charge in [-0.1, -0.05) is 237 Å². The van der Waals surface area contributed by atoms with Crippen molar-refractivity contribution in [1.82, 2.24) is 5.32 Å². The van der Waals surface area contributed by atoms with Gasteiger partial charge < -0.3 is 15.1 Å². The molecule has 0 spiro atoms. The molecule has 0 atom stereocenters. The minimum Gasteiger partial charge on any atom is -0.371 e. The Hall–Kier alpha value is 0.390. The molecule has 0 aliphatic heterocycles. The van der Waals surface area contributed by atoms with Crippen LogP contribution in [0, 0.1) is 0 Å². The smallest absolute Gasteiger partial charge is 0.325 e. The molecule has 0 aromatic carbocycles. The van der Waals surface area contributed by atoms with E-state index in [0.29, 0.717) is 10.7 Å². The van der Waals surface area contributed by atoms with Crippen LogP contribution in [0.4, 0.5) is 0 Å². The average Bonchev–Trinajstić information content (AvgIpc) is 3.03. The standard InChI is InChI=1S/C40H82NO3PS2/c42-45(43,44)39-37-35-33-31-29-27-25-23-21-19-17-15-13-11-9-7-5-3-1-2-4-6-8-10-12-14-16-18-20-22-24-26-28-30-32-34-36-38-41-40(46)47/h1-39H2,(H2,41,46,47)(H2,42,43,44). The topological polar surface area (TPSA) is 69.6 Å². The first-order valence-electron chi connectivity index (χ1n) is 20.9. The molecule has 0 rings (SSSR count). The Bertz CT molecular complexity index is 676. The lowest BCUT2D eigenvalue weighted by atomic mass is 10.0. The second-order valence-corrected chi connectivity index (χ2v) is 17.6. The van der Waals surface area contributed by atoms with Gasteiger partial charge in [0.1, 0.15) is 4.32 Å². The molecular formula is C40H82NO3PS2. The Morgan fingerprint density at radius 3 is 0.723 bits per heavy atom. The van der Waals surface area contributed by atoms with Crippen molar-refractivity contribution >= 4 is 36.8 Å². The monoisotopic (exact) mass is 720 g/mol. The van der Waals surface area contributed by atoms with Gasteiger partial charge in [0, 0.05) is 12.7 Å². The Balaban J connectivity index is 3.06. The van der Waals surface area contributed by atoms with Crippen molar-refractivity contribution in [3.63, 3.8) is 0 Å². The third-order valence-electron chi connectivity index (χ3n) is 9.90. The van der Waals surface area contributed by atoms with E-state index in [1.54, 1.807) is 0 Å². The zero-order valence-corrected chi connectivity index (χ0v) is 33.8. The molecule has 0 bridgehead atoms. The second kappa shape index (κ2) is 39.2. The van der Waals surface area contributed by atoms with Crippen molar-refractivity contribution in [2.24, 2.45) is 0 Å². The lowest BCUT2D eigenvalue weighted by Crippen LogP contribution is -2.17. The lowest BCUT2D eigenvalue weighted by molar-refractivity contribution is 0.370. The van der Waals surface area contributed by atoms with Gasteiger partial charge in [-0.25, -0.2) is 0 Å². The summed E-state index contributed by atoms with van der Waals surface area (Å²) in [5.41, 5.74) is 0. The minimum atomic E-state index is -3.78. The molecule has 0 heterocycles. The van der Waals surface area contributed by atoms with E-state index in [1.807, 2.05) is 0 Å². The molecule has 0 radical (unpaired) electrons. The summed E-state index contributed by atoms with van der Waals surface area (Å²) in [6, 6.07) is 0. The van der Waals surface area contributed by atoms with Crippen molar-refractivity contribution in [2.75, 3.05) is 12.7 Å². The summed E-state index contributed by atoms with van der Waals surface area (Å²) in [5, 5.41) is 3.11. The molecule has 0 aromatic heterocycles. The maximum absolute atomic E-state index is 10.8. The molecular weight excluding hydrogens is 638 g/mol. The van der Waals surface area contributed by atoms with Crippen LogP contribution in [0.3, 0.4) is 0 Å². The average molecular weight is 720 g/mol. The maximum atomic E-state index is 10.8. The number of hydrogen-bond acceptors (Lipinski definition) is 2. The number of hydrogen-bond donors (Lipinski definition) is 4. The van der Waals surface area contributed by atoms with Crippen LogP contribution in [0.1, 0.15) is 238 Å². The van der Waals surface area contributed by atoms with Crippen molar-refractivity contribution in [2.45, 2.75) is 238 Å². The number of thiol groups is 1.